The van der Waals surface area contributed by atoms with E-state index in [9.17, 15) is 10.1 Å². The van der Waals surface area contributed by atoms with Gasteiger partial charge in [-0.3, -0.25) is 10.1 Å². The molecule has 1 aromatic carbocycles. The van der Waals surface area contributed by atoms with E-state index in [1.807, 2.05) is 22.6 Å². The molecule has 0 atom stereocenters. The first-order chi connectivity index (χ1) is 5.54. The number of nitrogens with two attached hydrogens (primary N) is 1. The molecule has 0 unspecified atom stereocenters. The van der Waals surface area contributed by atoms with Gasteiger partial charge in [-0.2, -0.15) is 0 Å². The zero-order valence-corrected chi connectivity index (χ0v) is 8.67. The molecule has 2 N–H and O–H groups in total. The third-order valence-electron chi connectivity index (χ3n) is 1.28. The van der Waals surface area contributed by atoms with Crippen LogP contribution in [0.15, 0.2) is 12.1 Å². The zero-order chi connectivity index (χ0) is 9.30. The molecule has 0 heterocycles. The van der Waals surface area contributed by atoms with E-state index in [-0.39, 0.29) is 16.4 Å². The lowest BCUT2D eigenvalue weighted by molar-refractivity contribution is -0.385. The van der Waals surface area contributed by atoms with Crippen molar-refractivity contribution in [3.63, 3.8) is 0 Å². The fourth-order valence-corrected chi connectivity index (χ4v) is 1.76. The second kappa shape index (κ2) is 3.44. The average Bonchev–Trinajstić information content (AvgIpc) is 1.97. The van der Waals surface area contributed by atoms with Gasteiger partial charge in [-0.25, -0.2) is 0 Å². The summed E-state index contributed by atoms with van der Waals surface area (Å²) in [6.07, 6.45) is 0. The van der Waals surface area contributed by atoms with E-state index >= 15 is 0 Å². The second-order valence-corrected chi connectivity index (χ2v) is 3.60. The van der Waals surface area contributed by atoms with Crippen LogP contribution < -0.4 is 5.73 Å². The van der Waals surface area contributed by atoms with Crippen molar-refractivity contribution < 1.29 is 4.92 Å². The molecule has 1 aromatic rings. The van der Waals surface area contributed by atoms with Crippen LogP contribution in [0.4, 0.5) is 11.4 Å². The van der Waals surface area contributed by atoms with Crippen LogP contribution in [0.5, 0.6) is 0 Å². The minimum absolute atomic E-state index is 0.00639. The molecular weight excluding hydrogens is 294 g/mol. The van der Waals surface area contributed by atoms with Crippen molar-refractivity contribution in [3.8, 4) is 0 Å². The Morgan fingerprint density at radius 1 is 1.58 bits per heavy atom. The average molecular weight is 298 g/mol. The monoisotopic (exact) mass is 298 g/mol. The highest BCUT2D eigenvalue weighted by atomic mass is 127. The Bertz CT molecular complexity index is 343. The van der Waals surface area contributed by atoms with E-state index in [1.165, 1.54) is 6.07 Å². The maximum Gasteiger partial charge on any atom is 0.303 e. The molecule has 0 aliphatic carbocycles. The number of nitrogen functional groups attached to an aromatic ring is 1. The highest BCUT2D eigenvalue weighted by Gasteiger charge is 2.18. The van der Waals surface area contributed by atoms with Crippen molar-refractivity contribution in [2.75, 3.05) is 5.73 Å². The normalized spacial score (nSPS) is 9.83. The highest BCUT2D eigenvalue weighted by molar-refractivity contribution is 14.1. The van der Waals surface area contributed by atoms with Crippen molar-refractivity contribution in [2.45, 2.75) is 0 Å². The van der Waals surface area contributed by atoms with E-state index in [0.29, 0.717) is 3.57 Å². The van der Waals surface area contributed by atoms with Gasteiger partial charge in [0.05, 0.1) is 14.2 Å². The lowest BCUT2D eigenvalue weighted by atomic mass is 10.3. The lowest BCUT2D eigenvalue weighted by Gasteiger charge is -2.00. The summed E-state index contributed by atoms with van der Waals surface area (Å²) >= 11 is 7.46. The van der Waals surface area contributed by atoms with E-state index in [0.717, 1.165) is 0 Å². The van der Waals surface area contributed by atoms with Crippen LogP contribution in [-0.2, 0) is 0 Å². The molecule has 1 rings (SSSR count). The predicted molar refractivity (Wildman–Crippen MR) is 55.2 cm³/mol. The SMILES string of the molecule is Nc1ccc(I)c([N+](=O)[O-])c1Cl. The molecule has 0 spiro atoms. The molecule has 0 saturated heterocycles. The minimum Gasteiger partial charge on any atom is -0.397 e. The molecule has 6 heteroatoms. The highest BCUT2D eigenvalue weighted by Crippen LogP contribution is 2.33. The summed E-state index contributed by atoms with van der Waals surface area (Å²) in [6, 6.07) is 3.09. The van der Waals surface area contributed by atoms with Crippen LogP contribution in [0.1, 0.15) is 0 Å². The minimum atomic E-state index is -0.541. The number of hydrogen-bond acceptors (Lipinski definition) is 3. The van der Waals surface area contributed by atoms with E-state index in [2.05, 4.69) is 0 Å². The van der Waals surface area contributed by atoms with Crippen LogP contribution >= 0.6 is 34.2 Å². The fraction of sp³-hybridized carbons (Fsp3) is 0. The summed E-state index contributed by atoms with van der Waals surface area (Å²) in [6.45, 7) is 0. The summed E-state index contributed by atoms with van der Waals surface area (Å²) in [5.74, 6) is 0. The third kappa shape index (κ3) is 1.61. The Morgan fingerprint density at radius 2 is 2.17 bits per heavy atom. The fourth-order valence-electron chi connectivity index (χ4n) is 0.724. The molecule has 0 saturated carbocycles. The Morgan fingerprint density at radius 3 is 2.58 bits per heavy atom. The van der Waals surface area contributed by atoms with Crippen LogP contribution in [0.25, 0.3) is 0 Å². The Hall–Kier alpha value is -0.560. The molecule has 0 aliphatic rings. The summed E-state index contributed by atoms with van der Waals surface area (Å²) in [5.41, 5.74) is 5.49. The summed E-state index contributed by atoms with van der Waals surface area (Å²) in [5, 5.41) is 10.5. The molecule has 0 amide bonds. The quantitative estimate of drug-likeness (QED) is 0.375. The van der Waals surface area contributed by atoms with Gasteiger partial charge in [0.2, 0.25) is 0 Å². The van der Waals surface area contributed by atoms with Gasteiger partial charge < -0.3 is 5.73 Å². The van der Waals surface area contributed by atoms with Gasteiger partial charge in [0, 0.05) is 0 Å². The van der Waals surface area contributed by atoms with Crippen LogP contribution in [0, 0.1) is 13.7 Å². The number of rotatable bonds is 1. The summed E-state index contributed by atoms with van der Waals surface area (Å²) < 4.78 is 0.483. The number of anilines is 1. The number of nitro benzene ring substituents is 1. The van der Waals surface area contributed by atoms with Crippen molar-refractivity contribution in [3.05, 3.63) is 30.8 Å². The van der Waals surface area contributed by atoms with Gasteiger partial charge in [-0.1, -0.05) is 11.6 Å². The van der Waals surface area contributed by atoms with Crippen LogP contribution in [0.3, 0.4) is 0 Å². The van der Waals surface area contributed by atoms with Crippen molar-refractivity contribution >= 4 is 45.6 Å². The molecule has 64 valence electrons. The lowest BCUT2D eigenvalue weighted by Crippen LogP contribution is -1.96. The van der Waals surface area contributed by atoms with Gasteiger partial charge in [-0.15, -0.1) is 0 Å². The van der Waals surface area contributed by atoms with E-state index < -0.39 is 4.92 Å². The first-order valence-electron chi connectivity index (χ1n) is 2.92. The maximum atomic E-state index is 10.5. The van der Waals surface area contributed by atoms with Gasteiger partial charge in [-0.05, 0) is 34.7 Å². The predicted octanol–water partition coefficient (Wildman–Crippen LogP) is 2.44. The number of nitro groups is 1. The topological polar surface area (TPSA) is 69.2 Å². The summed E-state index contributed by atoms with van der Waals surface area (Å²) in [7, 11) is 0. The Balaban J connectivity index is 3.43. The first-order valence-corrected chi connectivity index (χ1v) is 4.37. The Labute approximate surface area is 87.0 Å². The Kier molecular flexibility index (Phi) is 2.73. The van der Waals surface area contributed by atoms with Crippen molar-refractivity contribution in [2.24, 2.45) is 0 Å². The van der Waals surface area contributed by atoms with Crippen molar-refractivity contribution in [1.29, 1.82) is 0 Å². The standard InChI is InChI=1S/C6H4ClIN2O2/c7-5-4(9)2-1-3(8)6(5)10(11)12/h1-2H,9H2. The largest absolute Gasteiger partial charge is 0.397 e. The molecule has 0 fully saturated rings. The number of nitrogens with zero attached hydrogens (tertiary/aromatic N) is 1. The molecule has 0 aromatic heterocycles. The zero-order valence-electron chi connectivity index (χ0n) is 5.75. The van der Waals surface area contributed by atoms with E-state index in [1.54, 1.807) is 6.07 Å². The van der Waals surface area contributed by atoms with Gasteiger partial charge in [0.15, 0.2) is 0 Å². The van der Waals surface area contributed by atoms with Gasteiger partial charge in [0.1, 0.15) is 5.02 Å². The second-order valence-electron chi connectivity index (χ2n) is 2.06. The maximum absolute atomic E-state index is 10.5. The van der Waals surface area contributed by atoms with E-state index in [4.69, 9.17) is 17.3 Å². The third-order valence-corrected chi connectivity index (χ3v) is 2.55. The van der Waals surface area contributed by atoms with Crippen LogP contribution in [-0.4, -0.2) is 4.92 Å². The molecule has 0 aliphatic heterocycles. The number of benzene rings is 1. The molecule has 4 nitrogen and oxygen atoms in total. The molecule has 12 heavy (non-hydrogen) atoms. The molecule has 0 bridgehead atoms. The summed E-state index contributed by atoms with van der Waals surface area (Å²) in [4.78, 5) is 9.91. The molecule has 0 radical (unpaired) electrons. The first kappa shape index (κ1) is 9.53. The molecular formula is C6H4ClIN2O2. The van der Waals surface area contributed by atoms with Gasteiger partial charge in [0.25, 0.3) is 0 Å². The van der Waals surface area contributed by atoms with Gasteiger partial charge >= 0.3 is 5.69 Å². The number of halogens is 2. The number of hydrogen-bond donors (Lipinski definition) is 1. The van der Waals surface area contributed by atoms with Crippen molar-refractivity contribution in [1.82, 2.24) is 0 Å². The smallest absolute Gasteiger partial charge is 0.303 e. The van der Waals surface area contributed by atoms with Crippen LogP contribution in [0.2, 0.25) is 5.02 Å².